The van der Waals surface area contributed by atoms with Crippen molar-refractivity contribution in [3.63, 3.8) is 0 Å². The first kappa shape index (κ1) is 29.6. The zero-order valence-corrected chi connectivity index (χ0v) is 24.5. The van der Waals surface area contributed by atoms with E-state index >= 15 is 0 Å². The lowest BCUT2D eigenvalue weighted by atomic mass is 10.0. The van der Waals surface area contributed by atoms with Crippen molar-refractivity contribution in [1.29, 1.82) is 0 Å². The lowest BCUT2D eigenvalue weighted by molar-refractivity contribution is -0.142. The van der Waals surface area contributed by atoms with Crippen LogP contribution in [0.5, 0.6) is 0 Å². The average Bonchev–Trinajstić information content (AvgIpc) is 3.84. The number of nitrogens with one attached hydrogen (secondary N) is 3. The van der Waals surface area contributed by atoms with Gasteiger partial charge in [-0.1, -0.05) is 48.7 Å². The second-order valence-corrected chi connectivity index (χ2v) is 14.0. The van der Waals surface area contributed by atoms with E-state index in [0.29, 0.717) is 50.1 Å². The summed E-state index contributed by atoms with van der Waals surface area (Å²) in [5, 5.41) is 5.75. The fourth-order valence-electron chi connectivity index (χ4n) is 5.81. The van der Waals surface area contributed by atoms with Crippen molar-refractivity contribution in [2.75, 3.05) is 6.54 Å². The summed E-state index contributed by atoms with van der Waals surface area (Å²) in [6, 6.07) is 5.36. The predicted octanol–water partition coefficient (Wildman–Crippen LogP) is 2.36. The summed E-state index contributed by atoms with van der Waals surface area (Å²) in [4.78, 5) is 55.0. The molecule has 1 unspecified atom stereocenters. The smallest absolute Gasteiger partial charge is 0.259 e. The van der Waals surface area contributed by atoms with Gasteiger partial charge in [0.1, 0.15) is 17.6 Å². The average molecular weight is 605 g/mol. The van der Waals surface area contributed by atoms with E-state index in [2.05, 4.69) is 15.4 Å². The number of fused-ring (bicyclic) bond motifs is 2. The fourth-order valence-corrected chi connectivity index (χ4v) is 7.30. The van der Waals surface area contributed by atoms with Gasteiger partial charge in [-0.15, -0.1) is 0 Å². The highest BCUT2D eigenvalue weighted by Gasteiger charge is 2.61. The summed E-state index contributed by atoms with van der Waals surface area (Å²) in [5.74, 6) is -2.13. The molecule has 2 saturated carbocycles. The number of hydrogen-bond acceptors (Lipinski definition) is 6. The summed E-state index contributed by atoms with van der Waals surface area (Å²) in [7, 11) is -3.79. The van der Waals surface area contributed by atoms with Crippen molar-refractivity contribution in [3.8, 4) is 0 Å². The summed E-state index contributed by atoms with van der Waals surface area (Å²) in [5.41, 5.74) is -0.591. The summed E-state index contributed by atoms with van der Waals surface area (Å²) in [6.07, 6.45) is 9.94. The predicted molar refractivity (Wildman–Crippen MR) is 153 cm³/mol. The summed E-state index contributed by atoms with van der Waals surface area (Å²) in [6.45, 7) is 0.360. The third-order valence-electron chi connectivity index (χ3n) is 8.45. The van der Waals surface area contributed by atoms with Crippen molar-refractivity contribution in [1.82, 2.24) is 20.3 Å². The Morgan fingerprint density at radius 3 is 2.51 bits per heavy atom. The van der Waals surface area contributed by atoms with Crippen molar-refractivity contribution >= 4 is 45.3 Å². The molecule has 12 heteroatoms. The maximum Gasteiger partial charge on any atom is 0.259 e. The molecule has 3 fully saturated rings. The molecule has 0 aromatic heterocycles. The number of carbonyl (C=O) groups excluding carboxylic acids is 4. The summed E-state index contributed by atoms with van der Waals surface area (Å²) < 4.78 is 27.2. The van der Waals surface area contributed by atoms with Gasteiger partial charge in [0.25, 0.3) is 5.91 Å². The molecule has 1 saturated heterocycles. The number of halogens is 1. The van der Waals surface area contributed by atoms with Gasteiger partial charge in [0.05, 0.1) is 11.7 Å². The molecule has 0 bridgehead atoms. The molecule has 4 amide bonds. The van der Waals surface area contributed by atoms with Gasteiger partial charge in [0.15, 0.2) is 0 Å². The number of hydrogen-bond donors (Lipinski definition) is 3. The van der Waals surface area contributed by atoms with Crippen LogP contribution in [-0.4, -0.2) is 66.4 Å². The van der Waals surface area contributed by atoms with Crippen LogP contribution >= 0.6 is 11.6 Å². The Bertz CT molecular complexity index is 1330. The first-order valence-corrected chi connectivity index (χ1v) is 16.4. The summed E-state index contributed by atoms with van der Waals surface area (Å²) >= 11 is 5.95. The highest BCUT2D eigenvalue weighted by atomic mass is 35.5. The minimum atomic E-state index is -3.79. The Morgan fingerprint density at radius 1 is 1.02 bits per heavy atom. The molecule has 41 heavy (non-hydrogen) atoms. The van der Waals surface area contributed by atoms with Crippen LogP contribution in [0, 0.1) is 5.92 Å². The Morgan fingerprint density at radius 2 is 1.78 bits per heavy atom. The van der Waals surface area contributed by atoms with Crippen LogP contribution in [0.4, 0.5) is 0 Å². The molecule has 2 aliphatic heterocycles. The van der Waals surface area contributed by atoms with Crippen LogP contribution in [0.3, 0.4) is 0 Å². The van der Waals surface area contributed by atoms with Crippen molar-refractivity contribution in [2.24, 2.45) is 5.92 Å². The van der Waals surface area contributed by atoms with Gasteiger partial charge in [-0.05, 0) is 69.1 Å². The number of benzene rings is 1. The first-order chi connectivity index (χ1) is 19.6. The van der Waals surface area contributed by atoms with Gasteiger partial charge in [-0.3, -0.25) is 23.9 Å². The highest BCUT2D eigenvalue weighted by molar-refractivity contribution is 7.91. The second-order valence-electron chi connectivity index (χ2n) is 11.6. The molecule has 4 aliphatic rings. The molecular weight excluding hydrogens is 568 g/mol. The van der Waals surface area contributed by atoms with Gasteiger partial charge in [-0.2, -0.15) is 0 Å². The van der Waals surface area contributed by atoms with E-state index in [1.165, 1.54) is 4.90 Å². The number of nitrogens with zero attached hydrogens (tertiary/aromatic N) is 1. The van der Waals surface area contributed by atoms with Gasteiger partial charge >= 0.3 is 0 Å². The van der Waals surface area contributed by atoms with Crippen molar-refractivity contribution in [2.45, 2.75) is 93.5 Å². The molecule has 1 aromatic rings. The molecule has 1 aromatic carbocycles. The van der Waals surface area contributed by atoms with E-state index in [0.717, 1.165) is 31.2 Å². The van der Waals surface area contributed by atoms with Gasteiger partial charge in [-0.25, -0.2) is 8.42 Å². The van der Waals surface area contributed by atoms with Crippen LogP contribution in [-0.2, 0) is 35.6 Å². The molecular formula is C29H37ClN4O6S. The van der Waals surface area contributed by atoms with Gasteiger partial charge < -0.3 is 15.5 Å². The number of sulfonamides is 1. The lowest BCUT2D eigenvalue weighted by Crippen LogP contribution is -2.58. The van der Waals surface area contributed by atoms with E-state index in [9.17, 15) is 27.6 Å². The van der Waals surface area contributed by atoms with Crippen molar-refractivity contribution < 1.29 is 27.6 Å². The molecule has 3 N–H and O–H groups in total. The third-order valence-corrected chi connectivity index (χ3v) is 10.5. The van der Waals surface area contributed by atoms with Crippen LogP contribution in [0.1, 0.15) is 69.8 Å². The monoisotopic (exact) mass is 604 g/mol. The standard InChI is InChI=1S/C29H37ClN4O6S/c30-21-12-10-19(11-13-21)17-25(35)31-23-8-5-3-1-2-4-7-20-18-29(20,28(38)33-41(39,40)22-14-15-22)32-26(36)24-9-6-16-34(24)27(23)37/h4,7,10-13,20,22-24H,1-3,5-6,8-9,14-18H2,(H,31,35)(H,32,36)(H,33,38)/b7-4-/t20-,23+,24?,29-/m1/s1. The third kappa shape index (κ3) is 6.94. The molecule has 0 radical (unpaired) electrons. The SMILES string of the molecule is O=C(Cc1ccc(Cl)cc1)N[C@H]1CCCCC/C=C\[C@@H]2C[C@@]2(C(=O)NS(=O)(=O)C2CC2)NC(=O)C2CCCN2C1=O. The first-order valence-electron chi connectivity index (χ1n) is 14.5. The van der Waals surface area contributed by atoms with Crippen LogP contribution in [0.25, 0.3) is 0 Å². The Kier molecular flexibility index (Phi) is 8.75. The number of carbonyl (C=O) groups is 4. The molecule has 10 nitrogen and oxygen atoms in total. The van der Waals surface area contributed by atoms with E-state index in [4.69, 9.17) is 11.6 Å². The van der Waals surface area contributed by atoms with Gasteiger partial charge in [0, 0.05) is 17.5 Å². The quantitative estimate of drug-likeness (QED) is 0.426. The van der Waals surface area contributed by atoms with E-state index < -0.39 is 44.7 Å². The lowest BCUT2D eigenvalue weighted by Gasteiger charge is -2.30. The van der Waals surface area contributed by atoms with Gasteiger partial charge in [0.2, 0.25) is 27.7 Å². The number of amides is 4. The topological polar surface area (TPSA) is 142 Å². The second kappa shape index (κ2) is 12.1. The molecule has 222 valence electrons. The normalized spacial score (nSPS) is 29.7. The number of allylic oxidation sites excluding steroid dienone is 1. The van der Waals surface area contributed by atoms with Crippen LogP contribution in [0.2, 0.25) is 5.02 Å². The largest absolute Gasteiger partial charge is 0.344 e. The van der Waals surface area contributed by atoms with Crippen LogP contribution < -0.4 is 15.4 Å². The maximum absolute atomic E-state index is 13.8. The number of rotatable bonds is 6. The molecule has 2 aliphatic carbocycles. The van der Waals surface area contributed by atoms with E-state index in [1.807, 2.05) is 12.2 Å². The zero-order valence-electron chi connectivity index (χ0n) is 22.9. The van der Waals surface area contributed by atoms with Crippen molar-refractivity contribution in [3.05, 3.63) is 47.0 Å². The van der Waals surface area contributed by atoms with Crippen LogP contribution in [0.15, 0.2) is 36.4 Å². The molecule has 2 heterocycles. The Balaban J connectivity index is 1.32. The fraction of sp³-hybridized carbons (Fsp3) is 0.586. The molecule has 5 rings (SSSR count). The minimum Gasteiger partial charge on any atom is -0.344 e. The minimum absolute atomic E-state index is 0.0957. The van der Waals surface area contributed by atoms with E-state index in [1.54, 1.807) is 24.3 Å². The Labute approximate surface area is 245 Å². The highest BCUT2D eigenvalue weighted by Crippen LogP contribution is 2.46. The Hall–Kier alpha value is -2.92. The molecule has 4 atom stereocenters. The maximum atomic E-state index is 13.8. The zero-order chi connectivity index (χ0) is 29.2. The molecule has 0 spiro atoms. The van der Waals surface area contributed by atoms with E-state index in [-0.39, 0.29) is 24.2 Å².